The number of hydrogen-bond donors (Lipinski definition) is 2. The first-order chi connectivity index (χ1) is 12.2. The van der Waals surface area contributed by atoms with Crippen LogP contribution >= 0.6 is 0 Å². The fourth-order valence-electron chi connectivity index (χ4n) is 2.73. The number of nitrogens with one attached hydrogen (secondary N) is 2. The van der Waals surface area contributed by atoms with Gasteiger partial charge in [-0.05, 0) is 50.7 Å². The van der Waals surface area contributed by atoms with Crippen molar-refractivity contribution >= 4 is 5.96 Å². The van der Waals surface area contributed by atoms with Crippen LogP contribution < -0.4 is 10.6 Å². The third-order valence-corrected chi connectivity index (χ3v) is 4.09. The quantitative estimate of drug-likeness (QED) is 0.419. The minimum absolute atomic E-state index is 0.385. The Hall–Kier alpha value is -2.30. The molecule has 2 N–H and O–H groups in total. The molecule has 2 aromatic rings. The van der Waals surface area contributed by atoms with E-state index in [0.717, 1.165) is 44.7 Å². The van der Waals surface area contributed by atoms with Gasteiger partial charge in [0.05, 0.1) is 6.20 Å². The summed E-state index contributed by atoms with van der Waals surface area (Å²) >= 11 is 0. The van der Waals surface area contributed by atoms with Crippen molar-refractivity contribution in [1.82, 2.24) is 20.4 Å². The highest BCUT2D eigenvalue weighted by atomic mass is 15.2. The van der Waals surface area contributed by atoms with E-state index in [4.69, 9.17) is 4.99 Å². The van der Waals surface area contributed by atoms with E-state index in [1.54, 1.807) is 0 Å². The third kappa shape index (κ3) is 7.42. The third-order valence-electron chi connectivity index (χ3n) is 4.09. The molecule has 2 rings (SSSR count). The highest BCUT2D eigenvalue weighted by molar-refractivity contribution is 5.80. The van der Waals surface area contributed by atoms with Gasteiger partial charge in [-0.15, -0.1) is 0 Å². The van der Waals surface area contributed by atoms with E-state index >= 15 is 0 Å². The van der Waals surface area contributed by atoms with Crippen LogP contribution in [0, 0.1) is 0 Å². The lowest BCUT2D eigenvalue weighted by molar-refractivity contribution is 0.593. The Balaban J connectivity index is 1.74. The maximum Gasteiger partial charge on any atom is 0.191 e. The summed E-state index contributed by atoms with van der Waals surface area (Å²) in [6.45, 7) is 6.00. The van der Waals surface area contributed by atoms with Crippen LogP contribution in [0.4, 0.5) is 0 Å². The van der Waals surface area contributed by atoms with Crippen LogP contribution in [-0.2, 0) is 19.9 Å². The van der Waals surface area contributed by atoms with Crippen molar-refractivity contribution in [1.29, 1.82) is 0 Å². The summed E-state index contributed by atoms with van der Waals surface area (Å²) in [6, 6.07) is 11.0. The fourth-order valence-corrected chi connectivity index (χ4v) is 2.73. The van der Waals surface area contributed by atoms with Gasteiger partial charge < -0.3 is 10.6 Å². The molecule has 0 saturated heterocycles. The molecule has 0 fully saturated rings. The molecule has 0 spiro atoms. The molecule has 1 atom stereocenters. The van der Waals surface area contributed by atoms with Gasteiger partial charge in [0.15, 0.2) is 5.96 Å². The van der Waals surface area contributed by atoms with Gasteiger partial charge in [0.25, 0.3) is 0 Å². The van der Waals surface area contributed by atoms with Gasteiger partial charge in [0.1, 0.15) is 0 Å². The van der Waals surface area contributed by atoms with Gasteiger partial charge >= 0.3 is 0 Å². The number of aliphatic imine (C=N–C) groups is 1. The molecule has 0 saturated carbocycles. The maximum atomic E-state index is 4.70. The normalized spacial score (nSPS) is 12.8. The highest BCUT2D eigenvalue weighted by Crippen LogP contribution is 2.05. The number of aryl methyl sites for hydroxylation is 3. The molecule has 1 aromatic carbocycles. The minimum Gasteiger partial charge on any atom is -0.357 e. The van der Waals surface area contributed by atoms with E-state index in [2.05, 4.69) is 66.1 Å². The molecule has 5 heteroatoms. The molecule has 0 bridgehead atoms. The summed E-state index contributed by atoms with van der Waals surface area (Å²) in [5, 5.41) is 11.1. The minimum atomic E-state index is 0.385. The summed E-state index contributed by atoms with van der Waals surface area (Å²) in [7, 11) is 1.95. The number of rotatable bonds is 9. The van der Waals surface area contributed by atoms with Crippen molar-refractivity contribution in [2.24, 2.45) is 12.0 Å². The number of guanidine groups is 1. The Morgan fingerprint density at radius 3 is 2.68 bits per heavy atom. The van der Waals surface area contributed by atoms with Crippen molar-refractivity contribution < 1.29 is 0 Å². The Morgan fingerprint density at radius 2 is 2.00 bits per heavy atom. The lowest BCUT2D eigenvalue weighted by Gasteiger charge is -2.18. The summed E-state index contributed by atoms with van der Waals surface area (Å²) in [6.07, 6.45) is 8.21. The summed E-state index contributed by atoms with van der Waals surface area (Å²) in [5.41, 5.74) is 2.65. The van der Waals surface area contributed by atoms with Crippen LogP contribution in [0.5, 0.6) is 0 Å². The lowest BCUT2D eigenvalue weighted by atomic mass is 10.1. The summed E-state index contributed by atoms with van der Waals surface area (Å²) in [4.78, 5) is 4.70. The lowest BCUT2D eigenvalue weighted by Crippen LogP contribution is -2.42. The predicted octanol–water partition coefficient (Wildman–Crippen LogP) is 2.93. The molecular formula is C20H31N5. The molecule has 25 heavy (non-hydrogen) atoms. The van der Waals surface area contributed by atoms with Crippen molar-refractivity contribution in [3.63, 3.8) is 0 Å². The van der Waals surface area contributed by atoms with E-state index in [1.165, 1.54) is 11.1 Å². The van der Waals surface area contributed by atoms with Crippen LogP contribution in [0.2, 0.25) is 0 Å². The standard InChI is InChI=1S/C20H31N5/c1-4-21-20(22-14-8-11-19-15-23-25(3)16-19)24-17(2)12-13-18-9-6-5-7-10-18/h5-7,9-10,15-17H,4,8,11-14H2,1-3H3,(H2,21,22,24). The maximum absolute atomic E-state index is 4.70. The van der Waals surface area contributed by atoms with Gasteiger partial charge in [-0.1, -0.05) is 30.3 Å². The largest absolute Gasteiger partial charge is 0.357 e. The molecular weight excluding hydrogens is 310 g/mol. The zero-order valence-electron chi connectivity index (χ0n) is 15.7. The van der Waals surface area contributed by atoms with Crippen LogP contribution in [-0.4, -0.2) is 34.9 Å². The monoisotopic (exact) mass is 341 g/mol. The highest BCUT2D eigenvalue weighted by Gasteiger charge is 2.05. The van der Waals surface area contributed by atoms with Crippen molar-refractivity contribution in [2.75, 3.05) is 13.1 Å². The molecule has 5 nitrogen and oxygen atoms in total. The van der Waals surface area contributed by atoms with Crippen LogP contribution in [0.15, 0.2) is 47.7 Å². The first-order valence-corrected chi connectivity index (χ1v) is 9.23. The number of benzene rings is 1. The molecule has 0 aliphatic heterocycles. The van der Waals surface area contributed by atoms with Crippen molar-refractivity contribution in [3.8, 4) is 0 Å². The second kappa shape index (κ2) is 10.5. The Morgan fingerprint density at radius 1 is 1.20 bits per heavy atom. The van der Waals surface area contributed by atoms with E-state index in [-0.39, 0.29) is 0 Å². The topological polar surface area (TPSA) is 54.2 Å². The second-order valence-electron chi connectivity index (χ2n) is 6.46. The van der Waals surface area contributed by atoms with Crippen molar-refractivity contribution in [2.45, 2.75) is 45.6 Å². The smallest absolute Gasteiger partial charge is 0.191 e. The molecule has 0 aliphatic carbocycles. The van der Waals surface area contributed by atoms with E-state index in [0.29, 0.717) is 6.04 Å². The molecule has 0 amide bonds. The van der Waals surface area contributed by atoms with Crippen LogP contribution in [0.25, 0.3) is 0 Å². The second-order valence-corrected chi connectivity index (χ2v) is 6.46. The number of nitrogens with zero attached hydrogens (tertiary/aromatic N) is 3. The molecule has 1 aromatic heterocycles. The Labute approximate surface area is 151 Å². The fraction of sp³-hybridized carbons (Fsp3) is 0.500. The Bertz CT molecular complexity index is 633. The number of aromatic nitrogens is 2. The SMILES string of the molecule is CCNC(=NCCCc1cnn(C)c1)NC(C)CCc1ccccc1. The van der Waals surface area contributed by atoms with Gasteiger partial charge in [-0.25, -0.2) is 0 Å². The number of hydrogen-bond acceptors (Lipinski definition) is 2. The molecule has 1 unspecified atom stereocenters. The first kappa shape index (κ1) is 19.0. The van der Waals surface area contributed by atoms with Gasteiger partial charge in [-0.3, -0.25) is 9.67 Å². The molecule has 0 radical (unpaired) electrons. The zero-order valence-corrected chi connectivity index (χ0v) is 15.7. The molecule has 1 heterocycles. The van der Waals surface area contributed by atoms with Gasteiger partial charge in [0, 0.05) is 32.4 Å². The summed E-state index contributed by atoms with van der Waals surface area (Å²) < 4.78 is 1.85. The predicted molar refractivity (Wildman–Crippen MR) is 105 cm³/mol. The molecule has 0 aliphatic rings. The first-order valence-electron chi connectivity index (χ1n) is 9.23. The van der Waals surface area contributed by atoms with E-state index in [1.807, 2.05) is 17.9 Å². The van der Waals surface area contributed by atoms with Crippen LogP contribution in [0.3, 0.4) is 0 Å². The summed E-state index contributed by atoms with van der Waals surface area (Å²) in [5.74, 6) is 0.911. The zero-order chi connectivity index (χ0) is 17.9. The van der Waals surface area contributed by atoms with Crippen LogP contribution in [0.1, 0.15) is 37.8 Å². The van der Waals surface area contributed by atoms with E-state index < -0.39 is 0 Å². The van der Waals surface area contributed by atoms with E-state index in [9.17, 15) is 0 Å². The average molecular weight is 342 g/mol. The molecule has 136 valence electrons. The van der Waals surface area contributed by atoms with Gasteiger partial charge in [-0.2, -0.15) is 5.10 Å². The Kier molecular flexibility index (Phi) is 8.02. The average Bonchev–Trinajstić information content (AvgIpc) is 3.03. The van der Waals surface area contributed by atoms with Gasteiger partial charge in [0.2, 0.25) is 0 Å². The van der Waals surface area contributed by atoms with Crippen molar-refractivity contribution in [3.05, 3.63) is 53.9 Å².